The Labute approximate surface area is 300 Å². The van der Waals surface area contributed by atoms with Crippen LogP contribution in [0.2, 0.25) is 0 Å². The first-order valence-electron chi connectivity index (χ1n) is 21.2. The Balaban J connectivity index is 1.16. The largest absolute Gasteiger partial charge is 0.393 e. The van der Waals surface area contributed by atoms with Gasteiger partial charge in [-0.15, -0.1) is 0 Å². The van der Waals surface area contributed by atoms with E-state index in [-0.39, 0.29) is 75.5 Å². The van der Waals surface area contributed by atoms with E-state index < -0.39 is 12.2 Å². The average molecular weight is 687 g/mol. The summed E-state index contributed by atoms with van der Waals surface area (Å²) in [4.78, 5) is 0. The molecule has 0 spiro atoms. The fraction of sp³-hybridized carbons (Fsp3) is 1.00. The number of fused-ring (bicyclic) bond motifs is 3. The molecule has 6 aliphatic rings. The first kappa shape index (κ1) is 38.5. The molecule has 0 heterocycles. The lowest BCUT2D eigenvalue weighted by Gasteiger charge is -2.72. The van der Waals surface area contributed by atoms with Crippen molar-refractivity contribution >= 4 is 0 Å². The normalized spacial score (nSPS) is 53.9. The summed E-state index contributed by atoms with van der Waals surface area (Å²) in [6.07, 6.45) is 12.7. The number of aliphatic hydroxyl groups is 5. The monoisotopic (exact) mass is 687 g/mol. The second kappa shape index (κ2) is 13.6. The molecule has 6 saturated carbocycles. The highest BCUT2D eigenvalue weighted by Crippen LogP contribution is 2.73. The van der Waals surface area contributed by atoms with Crippen molar-refractivity contribution < 1.29 is 25.5 Å². The molecular weight excluding hydrogens is 608 g/mol. The predicted molar refractivity (Wildman–Crippen MR) is 198 cm³/mol. The van der Waals surface area contributed by atoms with Gasteiger partial charge in [-0.05, 0) is 146 Å². The number of hydrogen-bond acceptors (Lipinski definition) is 5. The van der Waals surface area contributed by atoms with Gasteiger partial charge in [0.2, 0.25) is 0 Å². The van der Waals surface area contributed by atoms with Crippen molar-refractivity contribution in [3.05, 3.63) is 0 Å². The molecule has 6 rings (SSSR count). The first-order chi connectivity index (χ1) is 22.7. The van der Waals surface area contributed by atoms with Crippen molar-refractivity contribution in [2.24, 2.45) is 92.7 Å². The molecule has 0 aromatic carbocycles. The van der Waals surface area contributed by atoms with Crippen molar-refractivity contribution in [3.63, 3.8) is 0 Å². The Morgan fingerprint density at radius 1 is 0.755 bits per heavy atom. The molecule has 0 bridgehead atoms. The maximum Gasteiger partial charge on any atom is 0.0656 e. The summed E-state index contributed by atoms with van der Waals surface area (Å²) in [5.74, 6) is 4.31. The van der Waals surface area contributed by atoms with Crippen LogP contribution in [0.25, 0.3) is 0 Å². The van der Waals surface area contributed by atoms with E-state index >= 15 is 0 Å². The summed E-state index contributed by atoms with van der Waals surface area (Å²) in [6, 6.07) is 0. The minimum Gasteiger partial charge on any atom is -0.393 e. The summed E-state index contributed by atoms with van der Waals surface area (Å²) in [5, 5.41) is 58.1. The molecule has 284 valence electrons. The van der Waals surface area contributed by atoms with Crippen LogP contribution >= 0.6 is 0 Å². The fourth-order valence-corrected chi connectivity index (χ4v) is 15.6. The number of aliphatic hydroxyl groups excluding tert-OH is 5. The molecule has 5 N–H and O–H groups in total. The Morgan fingerprint density at radius 3 is 2.00 bits per heavy atom. The van der Waals surface area contributed by atoms with Crippen LogP contribution in [0.4, 0.5) is 0 Å². The molecule has 5 nitrogen and oxygen atoms in total. The van der Waals surface area contributed by atoms with Crippen LogP contribution in [-0.4, -0.2) is 56.1 Å². The van der Waals surface area contributed by atoms with Crippen molar-refractivity contribution in [2.75, 3.05) is 0 Å². The highest BCUT2D eigenvalue weighted by molar-refractivity contribution is 5.18. The lowest BCUT2D eigenvalue weighted by molar-refractivity contribution is -0.280. The van der Waals surface area contributed by atoms with Gasteiger partial charge in [-0.2, -0.15) is 0 Å². The zero-order valence-corrected chi connectivity index (χ0v) is 33.2. The topological polar surface area (TPSA) is 101 Å². The third kappa shape index (κ3) is 6.34. The minimum absolute atomic E-state index is 0.0373. The summed E-state index contributed by atoms with van der Waals surface area (Å²) < 4.78 is 0. The molecule has 0 saturated heterocycles. The molecule has 5 heteroatoms. The van der Waals surface area contributed by atoms with Crippen molar-refractivity contribution in [1.29, 1.82) is 0 Å². The van der Waals surface area contributed by atoms with Gasteiger partial charge in [-0.3, -0.25) is 0 Å². The van der Waals surface area contributed by atoms with E-state index in [1.807, 2.05) is 6.92 Å². The lowest BCUT2D eigenvalue weighted by Crippen LogP contribution is -2.70. The minimum atomic E-state index is -0.570. The van der Waals surface area contributed by atoms with Crippen molar-refractivity contribution in [2.45, 2.75) is 183 Å². The van der Waals surface area contributed by atoms with Crippen LogP contribution in [-0.2, 0) is 0 Å². The Kier molecular flexibility index (Phi) is 10.7. The van der Waals surface area contributed by atoms with Gasteiger partial charge in [0.05, 0.1) is 30.5 Å². The fourth-order valence-electron chi connectivity index (χ4n) is 15.6. The van der Waals surface area contributed by atoms with E-state index in [2.05, 4.69) is 62.3 Å². The molecule has 6 aliphatic carbocycles. The van der Waals surface area contributed by atoms with Crippen LogP contribution in [0.1, 0.15) is 153 Å². The second-order valence-electron chi connectivity index (χ2n) is 21.7. The lowest BCUT2D eigenvalue weighted by atomic mass is 9.34. The standard InChI is InChI=1S/C44H78O5/c1-24-14-19-30(29-17-15-28(16-18-29)20-34(46)31-12-11-13-32(31)39(48)41(5,6)7)33-22-42(8)23-43(9)21-25(2)35(27(4)45)40(49)44(43,10)26(3)37(42)38(47)36(24)33/h24-40,45-49H,11-23H2,1-10H3. The van der Waals surface area contributed by atoms with Crippen molar-refractivity contribution in [1.82, 2.24) is 0 Å². The van der Waals surface area contributed by atoms with E-state index in [1.165, 1.54) is 44.9 Å². The second-order valence-corrected chi connectivity index (χ2v) is 21.7. The summed E-state index contributed by atoms with van der Waals surface area (Å²) in [5.41, 5.74) is -0.487. The highest BCUT2D eigenvalue weighted by Gasteiger charge is 2.70. The Hall–Kier alpha value is -0.200. The van der Waals surface area contributed by atoms with Crippen LogP contribution in [0.5, 0.6) is 0 Å². The van der Waals surface area contributed by atoms with Crippen LogP contribution in [0.3, 0.4) is 0 Å². The maximum absolute atomic E-state index is 12.6. The molecule has 18 unspecified atom stereocenters. The number of rotatable bonds is 6. The smallest absolute Gasteiger partial charge is 0.0656 e. The summed E-state index contributed by atoms with van der Waals surface area (Å²) in [7, 11) is 0. The van der Waals surface area contributed by atoms with Gasteiger partial charge in [-0.25, -0.2) is 0 Å². The molecular formula is C44H78O5. The molecule has 49 heavy (non-hydrogen) atoms. The summed E-state index contributed by atoms with van der Waals surface area (Å²) in [6.45, 7) is 22.5. The molecule has 0 aromatic heterocycles. The first-order valence-corrected chi connectivity index (χ1v) is 21.2. The Morgan fingerprint density at radius 2 is 1.39 bits per heavy atom. The number of hydrogen-bond donors (Lipinski definition) is 5. The van der Waals surface area contributed by atoms with Gasteiger partial charge in [-0.1, -0.05) is 88.0 Å². The van der Waals surface area contributed by atoms with Gasteiger partial charge in [0.15, 0.2) is 0 Å². The molecule has 0 aromatic rings. The summed E-state index contributed by atoms with van der Waals surface area (Å²) >= 11 is 0. The van der Waals surface area contributed by atoms with E-state index in [4.69, 9.17) is 0 Å². The quantitative estimate of drug-likeness (QED) is 0.193. The van der Waals surface area contributed by atoms with Gasteiger partial charge in [0.25, 0.3) is 0 Å². The SMILES string of the molecule is CC(O)C1C(C)CC2(C)CC3(C)CC4C(C5CCC(CC(O)C6CCCC6C(O)C(C)(C)C)CC5)CCC(C)C4C(O)C3C(C)C2(C)C1O. The van der Waals surface area contributed by atoms with Crippen LogP contribution in [0.15, 0.2) is 0 Å². The van der Waals surface area contributed by atoms with E-state index in [0.717, 1.165) is 38.5 Å². The Bertz CT molecular complexity index is 1140. The molecule has 0 radical (unpaired) electrons. The van der Waals surface area contributed by atoms with Gasteiger partial charge < -0.3 is 25.5 Å². The van der Waals surface area contributed by atoms with E-state index in [9.17, 15) is 25.5 Å². The van der Waals surface area contributed by atoms with Crippen molar-refractivity contribution in [3.8, 4) is 0 Å². The van der Waals surface area contributed by atoms with E-state index in [1.54, 1.807) is 0 Å². The van der Waals surface area contributed by atoms with Gasteiger partial charge in [0, 0.05) is 11.3 Å². The van der Waals surface area contributed by atoms with Crippen LogP contribution < -0.4 is 0 Å². The highest BCUT2D eigenvalue weighted by atomic mass is 16.3. The molecule has 0 aliphatic heterocycles. The predicted octanol–water partition coefficient (Wildman–Crippen LogP) is 8.48. The third-order valence-corrected chi connectivity index (χ3v) is 18.0. The van der Waals surface area contributed by atoms with Gasteiger partial charge in [0.1, 0.15) is 0 Å². The molecule has 6 fully saturated rings. The third-order valence-electron chi connectivity index (χ3n) is 18.0. The molecule has 18 atom stereocenters. The van der Waals surface area contributed by atoms with Crippen LogP contribution in [0, 0.1) is 92.7 Å². The van der Waals surface area contributed by atoms with Gasteiger partial charge >= 0.3 is 0 Å². The zero-order chi connectivity index (χ0) is 36.0. The maximum atomic E-state index is 12.6. The zero-order valence-electron chi connectivity index (χ0n) is 33.2. The average Bonchev–Trinajstić information content (AvgIpc) is 3.48. The van der Waals surface area contributed by atoms with E-state index in [0.29, 0.717) is 35.5 Å². The molecule has 0 amide bonds.